The lowest BCUT2D eigenvalue weighted by Gasteiger charge is -2.11. The van der Waals surface area contributed by atoms with Crippen LogP contribution in [0.15, 0.2) is 133 Å². The summed E-state index contributed by atoms with van der Waals surface area (Å²) in [7, 11) is 1.33. The molecule has 0 unspecified atom stereocenters. The Morgan fingerprint density at radius 2 is 0.794 bits per heavy atom. The second-order valence-electron chi connectivity index (χ2n) is 14.5. The predicted molar refractivity (Wildman–Crippen MR) is 242 cm³/mol. The van der Waals surface area contributed by atoms with Crippen molar-refractivity contribution < 1.29 is 38.1 Å². The highest BCUT2D eigenvalue weighted by Gasteiger charge is 2.14. The second kappa shape index (κ2) is 22.6. The van der Waals surface area contributed by atoms with Gasteiger partial charge in [0.1, 0.15) is 30.3 Å². The minimum atomic E-state index is -0.518. The second-order valence-corrected chi connectivity index (χ2v) is 14.5. The third kappa shape index (κ3) is 14.3. The van der Waals surface area contributed by atoms with Gasteiger partial charge in [-0.3, -0.25) is 9.59 Å². The smallest absolute Gasteiger partial charge is 0.341 e. The molecule has 0 aliphatic heterocycles. The zero-order valence-electron chi connectivity index (χ0n) is 35.7. The van der Waals surface area contributed by atoms with E-state index in [0.717, 1.165) is 61.4 Å². The van der Waals surface area contributed by atoms with Crippen molar-refractivity contribution >= 4 is 17.9 Å². The summed E-state index contributed by atoms with van der Waals surface area (Å²) in [6.07, 6.45) is 1.30. The number of ether oxygens (including phenoxy) is 5. The number of methoxy groups -OCH3 is 1. The van der Waals surface area contributed by atoms with Crippen LogP contribution in [0.25, 0.3) is 0 Å². The maximum absolute atomic E-state index is 12.7. The number of hydrogen-bond donors (Lipinski definition) is 0. The molecule has 6 rings (SSSR count). The van der Waals surface area contributed by atoms with E-state index in [2.05, 4.69) is 35.5 Å². The topological polar surface area (TPSA) is 97.4 Å². The Bertz CT molecular complexity index is 2730. The first kappa shape index (κ1) is 44.6. The molecule has 8 nitrogen and oxygen atoms in total. The van der Waals surface area contributed by atoms with Gasteiger partial charge in [0.05, 0.1) is 20.3 Å². The highest BCUT2D eigenvalue weighted by atomic mass is 16.5. The summed E-state index contributed by atoms with van der Waals surface area (Å²) in [6, 6.07) is 42.5. The zero-order chi connectivity index (χ0) is 44.4. The predicted octanol–water partition coefficient (Wildman–Crippen LogP) is 9.35. The van der Waals surface area contributed by atoms with Crippen LogP contribution >= 0.6 is 0 Å². The van der Waals surface area contributed by atoms with Crippen molar-refractivity contribution in [3.05, 3.63) is 200 Å². The van der Waals surface area contributed by atoms with Crippen molar-refractivity contribution in [2.45, 2.75) is 46.8 Å². The number of rotatable bonds is 13. The van der Waals surface area contributed by atoms with Crippen molar-refractivity contribution in [1.82, 2.24) is 0 Å². The number of aryl methyl sites for hydroxylation is 1. The fourth-order valence-corrected chi connectivity index (χ4v) is 6.15. The van der Waals surface area contributed by atoms with Crippen molar-refractivity contribution in [2.24, 2.45) is 0 Å². The Labute approximate surface area is 369 Å². The lowest BCUT2D eigenvalue weighted by atomic mass is 10.1. The van der Waals surface area contributed by atoms with E-state index in [0.29, 0.717) is 44.0 Å². The lowest BCUT2D eigenvalue weighted by Crippen LogP contribution is -2.06. The average Bonchev–Trinajstić information content (AvgIpc) is 3.29. The molecular weight excluding hydrogens is 789 g/mol. The van der Waals surface area contributed by atoms with Gasteiger partial charge in [-0.2, -0.15) is 0 Å². The van der Waals surface area contributed by atoms with Crippen LogP contribution < -0.4 is 9.47 Å². The molecule has 0 N–H and O–H groups in total. The van der Waals surface area contributed by atoms with Crippen LogP contribution in [0.3, 0.4) is 0 Å². The summed E-state index contributed by atoms with van der Waals surface area (Å²) < 4.78 is 27.3. The van der Waals surface area contributed by atoms with Crippen molar-refractivity contribution in [3.63, 3.8) is 0 Å². The van der Waals surface area contributed by atoms with Crippen LogP contribution in [0.4, 0.5) is 0 Å². The Morgan fingerprint density at radius 3 is 1.19 bits per heavy atom. The van der Waals surface area contributed by atoms with Gasteiger partial charge in [0.25, 0.3) is 0 Å². The van der Waals surface area contributed by atoms with Crippen LogP contribution in [-0.2, 0) is 49.9 Å². The van der Waals surface area contributed by atoms with E-state index < -0.39 is 5.97 Å². The number of carbonyl (C=O) groups excluding carboxylic acids is 3. The molecule has 0 spiro atoms. The highest BCUT2D eigenvalue weighted by molar-refractivity contribution is 5.93. The van der Waals surface area contributed by atoms with Gasteiger partial charge in [0.15, 0.2) is 0 Å². The number of benzene rings is 6. The van der Waals surface area contributed by atoms with E-state index in [1.807, 2.05) is 122 Å². The zero-order valence-corrected chi connectivity index (χ0v) is 35.7. The molecule has 314 valence electrons. The number of hydrogen-bond acceptors (Lipinski definition) is 8. The molecule has 0 aliphatic carbocycles. The monoisotopic (exact) mass is 834 g/mol. The molecule has 0 fully saturated rings. The van der Waals surface area contributed by atoms with E-state index >= 15 is 0 Å². The molecule has 0 radical (unpaired) electrons. The van der Waals surface area contributed by atoms with Crippen LogP contribution in [0.1, 0.15) is 85.4 Å². The van der Waals surface area contributed by atoms with E-state index in [1.165, 1.54) is 21.0 Å². The van der Waals surface area contributed by atoms with Crippen LogP contribution in [0.2, 0.25) is 0 Å². The Balaban J connectivity index is 0.975. The van der Waals surface area contributed by atoms with Gasteiger partial charge >= 0.3 is 17.9 Å². The molecule has 6 aromatic carbocycles. The fourth-order valence-electron chi connectivity index (χ4n) is 6.15. The van der Waals surface area contributed by atoms with E-state index in [-0.39, 0.29) is 24.1 Å². The van der Waals surface area contributed by atoms with Gasteiger partial charge in [-0.1, -0.05) is 84.1 Å². The summed E-state index contributed by atoms with van der Waals surface area (Å²) in [5.41, 5.74) is 10.4. The first-order chi connectivity index (χ1) is 30.6. The van der Waals surface area contributed by atoms with Crippen LogP contribution in [0, 0.1) is 42.4 Å². The summed E-state index contributed by atoms with van der Waals surface area (Å²) in [4.78, 5) is 34.6. The third-order valence-corrected chi connectivity index (χ3v) is 9.61. The maximum atomic E-state index is 12.7. The molecule has 63 heavy (non-hydrogen) atoms. The number of carbonyl (C=O) groups is 3. The van der Waals surface area contributed by atoms with Gasteiger partial charge in [-0.15, -0.1) is 0 Å². The molecule has 0 saturated heterocycles. The van der Waals surface area contributed by atoms with Gasteiger partial charge < -0.3 is 23.7 Å². The van der Waals surface area contributed by atoms with Gasteiger partial charge in [-0.25, -0.2) is 4.79 Å². The summed E-state index contributed by atoms with van der Waals surface area (Å²) in [5.74, 6) is 19.2. The van der Waals surface area contributed by atoms with E-state index in [1.54, 1.807) is 18.2 Å². The van der Waals surface area contributed by atoms with Crippen molar-refractivity contribution in [1.29, 1.82) is 0 Å². The molecule has 0 atom stereocenters. The summed E-state index contributed by atoms with van der Waals surface area (Å²) in [6.45, 7) is 6.18. The quantitative estimate of drug-likeness (QED) is 0.0646. The number of esters is 3. The molecule has 0 bridgehead atoms. The lowest BCUT2D eigenvalue weighted by molar-refractivity contribution is -0.141. The highest BCUT2D eigenvalue weighted by Crippen LogP contribution is 2.23. The standard InChI is InChI=1S/C55H46O8/c1-39-35-48(21-15-42-7-11-46(12-8-42)31-33-60-40(2)56)27-29-53(39)62-37-50-23-17-44(18-24-50)5-6-45-19-25-51(26-20-45)38-63-54-30-28-49(36-52(54)55(58)59-4)22-16-43-9-13-47(14-10-43)32-34-61-41(3)57/h7-14,17-20,23-30,35-36H,31-34,37-38H2,1-4H3. The minimum absolute atomic E-state index is 0.242. The maximum Gasteiger partial charge on any atom is 0.341 e. The van der Waals surface area contributed by atoms with Crippen molar-refractivity contribution in [3.8, 4) is 47.0 Å². The normalized spacial score (nSPS) is 10.1. The molecule has 8 heteroatoms. The Hall–Kier alpha value is -7.99. The molecule has 0 aliphatic rings. The molecule has 0 aromatic heterocycles. The van der Waals surface area contributed by atoms with E-state index in [9.17, 15) is 14.4 Å². The van der Waals surface area contributed by atoms with Crippen molar-refractivity contribution in [2.75, 3.05) is 20.3 Å². The minimum Gasteiger partial charge on any atom is -0.489 e. The van der Waals surface area contributed by atoms with Gasteiger partial charge in [0.2, 0.25) is 0 Å². The first-order valence-electron chi connectivity index (χ1n) is 20.4. The van der Waals surface area contributed by atoms with Gasteiger partial charge in [0, 0.05) is 60.1 Å². The molecule has 0 saturated carbocycles. The Kier molecular flexibility index (Phi) is 16.0. The van der Waals surface area contributed by atoms with Crippen LogP contribution in [0.5, 0.6) is 11.5 Å². The third-order valence-electron chi connectivity index (χ3n) is 9.61. The summed E-state index contributed by atoms with van der Waals surface area (Å²) >= 11 is 0. The molecule has 6 aromatic rings. The van der Waals surface area contributed by atoms with Gasteiger partial charge in [-0.05, 0) is 120 Å². The first-order valence-corrected chi connectivity index (χ1v) is 20.4. The van der Waals surface area contributed by atoms with Crippen LogP contribution in [-0.4, -0.2) is 38.2 Å². The van der Waals surface area contributed by atoms with E-state index in [4.69, 9.17) is 23.7 Å². The Morgan fingerprint density at radius 1 is 0.444 bits per heavy atom. The molecule has 0 amide bonds. The SMILES string of the molecule is COC(=O)c1cc(C#Cc2ccc(CCOC(C)=O)cc2)ccc1OCc1ccc(C#Cc2ccc(COc3ccc(C#Cc4ccc(CCOC(C)=O)cc4)cc3C)cc2)cc1. The fraction of sp³-hybridized carbons (Fsp3) is 0.182. The molecular formula is C55H46O8. The molecule has 0 heterocycles. The summed E-state index contributed by atoms with van der Waals surface area (Å²) in [5, 5.41) is 0. The average molecular weight is 835 g/mol. The largest absolute Gasteiger partial charge is 0.489 e.